The highest BCUT2D eigenvalue weighted by Crippen LogP contribution is 2.31. The van der Waals surface area contributed by atoms with Crippen LogP contribution in [0.5, 0.6) is 0 Å². The summed E-state index contributed by atoms with van der Waals surface area (Å²) < 4.78 is 15.2. The van der Waals surface area contributed by atoms with Crippen LogP contribution < -0.4 is 5.32 Å². The third kappa shape index (κ3) is 3.00. The summed E-state index contributed by atoms with van der Waals surface area (Å²) in [6.45, 7) is 3.82. The van der Waals surface area contributed by atoms with E-state index in [0.717, 1.165) is 16.8 Å². The molecule has 0 spiro atoms. The van der Waals surface area contributed by atoms with Gasteiger partial charge in [-0.3, -0.25) is 0 Å². The number of cyclic esters (lactones) is 1. The molecule has 1 aromatic heterocycles. The van der Waals surface area contributed by atoms with Gasteiger partial charge in [0.2, 0.25) is 5.76 Å². The van der Waals surface area contributed by atoms with E-state index in [-0.39, 0.29) is 16.5 Å². The van der Waals surface area contributed by atoms with Gasteiger partial charge in [-0.05, 0) is 37.1 Å². The van der Waals surface area contributed by atoms with Gasteiger partial charge in [-0.2, -0.15) is 0 Å². The van der Waals surface area contributed by atoms with Gasteiger partial charge in [-0.25, -0.2) is 9.59 Å². The quantitative estimate of drug-likeness (QED) is 0.853. The van der Waals surface area contributed by atoms with E-state index in [1.54, 1.807) is 6.07 Å². The fourth-order valence-corrected chi connectivity index (χ4v) is 2.50. The molecule has 24 heavy (non-hydrogen) atoms. The Balaban J connectivity index is 1.86. The van der Waals surface area contributed by atoms with Crippen LogP contribution in [-0.4, -0.2) is 18.2 Å². The van der Waals surface area contributed by atoms with Gasteiger partial charge in [0.25, 0.3) is 6.29 Å². The average molecular weight is 348 g/mol. The first-order chi connectivity index (χ1) is 11.5. The monoisotopic (exact) mass is 347 g/mol. The zero-order valence-electron chi connectivity index (χ0n) is 13.0. The van der Waals surface area contributed by atoms with Crippen molar-refractivity contribution in [1.29, 1.82) is 0 Å². The molecule has 0 amide bonds. The number of esters is 2. The second kappa shape index (κ2) is 6.41. The summed E-state index contributed by atoms with van der Waals surface area (Å²) in [5.41, 5.74) is 2.84. The first-order valence-corrected chi connectivity index (χ1v) is 7.53. The summed E-state index contributed by atoms with van der Waals surface area (Å²) in [5.74, 6) is -1.52. The smallest absolute Gasteiger partial charge is 0.377 e. The molecule has 0 aliphatic carbocycles. The number of nitrogens with one attached hydrogen (secondary N) is 1. The van der Waals surface area contributed by atoms with Crippen LogP contribution in [0.2, 0.25) is 0 Å². The molecule has 124 valence electrons. The second-order valence-corrected chi connectivity index (χ2v) is 5.62. The first-order valence-electron chi connectivity index (χ1n) is 7.15. The topological polar surface area (TPSA) is 77.8 Å². The van der Waals surface area contributed by atoms with Gasteiger partial charge in [-0.15, -0.1) is 0 Å². The molecule has 1 N–H and O–H groups in total. The molecule has 0 fully saturated rings. The normalized spacial score (nSPS) is 17.0. The highest BCUT2D eigenvalue weighted by atomic mass is 35.5. The molecule has 0 radical (unpaired) electrons. The number of anilines is 1. The molecule has 1 atom stereocenters. The third-order valence-electron chi connectivity index (χ3n) is 3.54. The highest BCUT2D eigenvalue weighted by Gasteiger charge is 2.37. The summed E-state index contributed by atoms with van der Waals surface area (Å²) in [4.78, 5) is 23.8. The van der Waals surface area contributed by atoms with Crippen LogP contribution in [0.15, 0.2) is 51.7 Å². The molecule has 1 aromatic carbocycles. The maximum Gasteiger partial charge on any atom is 0.377 e. The number of ether oxygens (including phenoxy) is 2. The minimum absolute atomic E-state index is 0.000457. The van der Waals surface area contributed by atoms with E-state index in [0.29, 0.717) is 0 Å². The summed E-state index contributed by atoms with van der Waals surface area (Å²) in [7, 11) is 0. The maximum atomic E-state index is 12.0. The molecule has 1 aliphatic heterocycles. The van der Waals surface area contributed by atoms with Crippen LogP contribution >= 0.6 is 11.6 Å². The van der Waals surface area contributed by atoms with Crippen molar-refractivity contribution in [3.8, 4) is 0 Å². The van der Waals surface area contributed by atoms with Crippen LogP contribution in [0.4, 0.5) is 5.69 Å². The predicted octanol–water partition coefficient (Wildman–Crippen LogP) is 3.50. The highest BCUT2D eigenvalue weighted by molar-refractivity contribution is 6.42. The molecule has 1 aliphatic rings. The molecule has 0 saturated carbocycles. The van der Waals surface area contributed by atoms with Crippen molar-refractivity contribution in [3.05, 3.63) is 64.2 Å². The lowest BCUT2D eigenvalue weighted by atomic mass is 10.1. The van der Waals surface area contributed by atoms with E-state index in [4.69, 9.17) is 25.5 Å². The largest absolute Gasteiger partial charge is 0.457 e. The van der Waals surface area contributed by atoms with Gasteiger partial charge in [0.15, 0.2) is 5.03 Å². The van der Waals surface area contributed by atoms with Gasteiger partial charge >= 0.3 is 11.9 Å². The summed E-state index contributed by atoms with van der Waals surface area (Å²) >= 11 is 6.01. The molecular weight excluding hydrogens is 334 g/mol. The van der Waals surface area contributed by atoms with E-state index in [1.807, 2.05) is 32.0 Å². The van der Waals surface area contributed by atoms with Crippen LogP contribution in [-0.2, 0) is 14.3 Å². The molecular formula is C17H14ClNO5. The Bertz CT molecular complexity index is 805. The van der Waals surface area contributed by atoms with Crippen LogP contribution in [0.25, 0.3) is 0 Å². The Labute approximate surface area is 143 Å². The Morgan fingerprint density at radius 1 is 1.21 bits per heavy atom. The third-order valence-corrected chi connectivity index (χ3v) is 3.90. The molecule has 0 bridgehead atoms. The number of furan rings is 1. The molecule has 0 saturated heterocycles. The Morgan fingerprint density at radius 2 is 1.92 bits per heavy atom. The lowest BCUT2D eigenvalue weighted by molar-refractivity contribution is -0.152. The van der Waals surface area contributed by atoms with E-state index in [2.05, 4.69) is 5.32 Å². The van der Waals surface area contributed by atoms with Crippen LogP contribution in [0.3, 0.4) is 0 Å². The van der Waals surface area contributed by atoms with Gasteiger partial charge in [0.05, 0.1) is 6.26 Å². The van der Waals surface area contributed by atoms with E-state index in [9.17, 15) is 9.59 Å². The minimum Gasteiger partial charge on any atom is -0.457 e. The van der Waals surface area contributed by atoms with Gasteiger partial charge in [0, 0.05) is 5.69 Å². The van der Waals surface area contributed by atoms with Crippen molar-refractivity contribution in [2.45, 2.75) is 20.1 Å². The van der Waals surface area contributed by atoms with Crippen molar-refractivity contribution in [1.82, 2.24) is 0 Å². The minimum atomic E-state index is -1.26. The zero-order valence-corrected chi connectivity index (χ0v) is 13.7. The number of halogens is 1. The lowest BCUT2D eigenvalue weighted by Gasteiger charge is -2.18. The number of carbonyl (C=O) groups is 2. The fraction of sp³-hybridized carbons (Fsp3) is 0.176. The van der Waals surface area contributed by atoms with Crippen LogP contribution in [0.1, 0.15) is 21.7 Å². The second-order valence-electron chi connectivity index (χ2n) is 5.24. The van der Waals surface area contributed by atoms with Crippen molar-refractivity contribution in [3.63, 3.8) is 0 Å². The molecule has 3 rings (SSSR count). The van der Waals surface area contributed by atoms with Crippen molar-refractivity contribution in [2.24, 2.45) is 0 Å². The van der Waals surface area contributed by atoms with Gasteiger partial charge in [-0.1, -0.05) is 29.8 Å². The van der Waals surface area contributed by atoms with E-state index in [1.165, 1.54) is 12.3 Å². The zero-order chi connectivity index (χ0) is 17.3. The molecule has 2 heterocycles. The number of aryl methyl sites for hydroxylation is 2. The van der Waals surface area contributed by atoms with E-state index >= 15 is 0 Å². The lowest BCUT2D eigenvalue weighted by Crippen LogP contribution is -2.24. The number of hydrogen-bond acceptors (Lipinski definition) is 6. The summed E-state index contributed by atoms with van der Waals surface area (Å²) in [6.07, 6.45) is 0.0808. The van der Waals surface area contributed by atoms with Gasteiger partial charge < -0.3 is 19.2 Å². The van der Waals surface area contributed by atoms with Gasteiger partial charge in [0.1, 0.15) is 5.70 Å². The molecule has 1 unspecified atom stereocenters. The van der Waals surface area contributed by atoms with Crippen LogP contribution in [0, 0.1) is 13.8 Å². The fourth-order valence-electron chi connectivity index (χ4n) is 2.31. The number of rotatable bonds is 4. The molecule has 2 aromatic rings. The number of carbonyl (C=O) groups excluding carboxylic acids is 2. The Kier molecular flexibility index (Phi) is 4.31. The summed E-state index contributed by atoms with van der Waals surface area (Å²) in [5, 5.41) is 2.89. The average Bonchev–Trinajstić information content (AvgIpc) is 3.15. The Hall–Kier alpha value is -2.73. The SMILES string of the molecule is Cc1cccc(C)c1NC1=C(Cl)C(=O)OC1OC(=O)c1ccco1. The summed E-state index contributed by atoms with van der Waals surface area (Å²) in [6, 6.07) is 8.73. The molecule has 7 heteroatoms. The number of benzene rings is 1. The standard InChI is InChI=1S/C17H14ClNO5/c1-9-5-3-6-10(2)13(9)19-14-12(18)16(21)24-17(14)23-15(20)11-7-4-8-22-11/h3-8,17,19H,1-2H3. The van der Waals surface area contributed by atoms with Crippen molar-refractivity contribution >= 4 is 29.2 Å². The van der Waals surface area contributed by atoms with Crippen molar-refractivity contribution in [2.75, 3.05) is 5.32 Å². The van der Waals surface area contributed by atoms with Crippen molar-refractivity contribution < 1.29 is 23.5 Å². The maximum absolute atomic E-state index is 12.0. The van der Waals surface area contributed by atoms with E-state index < -0.39 is 18.2 Å². The number of hydrogen-bond donors (Lipinski definition) is 1. The number of para-hydroxylation sites is 1. The Morgan fingerprint density at radius 3 is 2.54 bits per heavy atom. The first kappa shape index (κ1) is 16.1. The molecule has 6 nitrogen and oxygen atoms in total. The predicted molar refractivity (Wildman–Crippen MR) is 86.4 cm³/mol.